The van der Waals surface area contributed by atoms with Crippen LogP contribution in [-0.4, -0.2) is 36.3 Å². The number of likely N-dealkylation sites (tertiary alicyclic amines) is 1. The molecule has 2 atom stereocenters. The number of rotatable bonds is 5. The summed E-state index contributed by atoms with van der Waals surface area (Å²) < 4.78 is 0. The molecule has 3 aliphatic rings. The standard InChI is InChI=1S/C15H24N2OS.C6H6.C2H6/c1-19-9-7-14(12-4-5-12)16-15(18)17-8-6-13(10-17)11-2-3-11;1-2-4-6-5-3-1;1-2/h7,9,11-14H,2-6,8,10H2,1H3,(H,16,18);1-6H;1-2H3/b9-7+;;. The van der Waals surface area contributed by atoms with Crippen molar-refractivity contribution in [2.45, 2.75) is 52.0 Å². The molecule has 0 bridgehead atoms. The van der Waals surface area contributed by atoms with Gasteiger partial charge in [0.1, 0.15) is 0 Å². The van der Waals surface area contributed by atoms with E-state index >= 15 is 0 Å². The van der Waals surface area contributed by atoms with E-state index in [-0.39, 0.29) is 12.1 Å². The van der Waals surface area contributed by atoms with Gasteiger partial charge in [0, 0.05) is 13.1 Å². The van der Waals surface area contributed by atoms with E-state index < -0.39 is 0 Å². The molecule has 150 valence electrons. The average molecular weight is 389 g/mol. The van der Waals surface area contributed by atoms with Crippen molar-refractivity contribution in [2.24, 2.45) is 17.8 Å². The number of benzene rings is 1. The van der Waals surface area contributed by atoms with Crippen molar-refractivity contribution in [3.8, 4) is 0 Å². The van der Waals surface area contributed by atoms with Gasteiger partial charge in [0.05, 0.1) is 6.04 Å². The lowest BCUT2D eigenvalue weighted by Crippen LogP contribution is -2.44. The van der Waals surface area contributed by atoms with Gasteiger partial charge in [-0.05, 0) is 61.5 Å². The van der Waals surface area contributed by atoms with Crippen LogP contribution in [0.4, 0.5) is 4.79 Å². The largest absolute Gasteiger partial charge is 0.331 e. The average Bonchev–Trinajstić information content (AvgIpc) is 3.67. The first kappa shape index (κ1) is 21.9. The molecular formula is C23H36N2OS. The van der Waals surface area contributed by atoms with Crippen LogP contribution in [0.25, 0.3) is 0 Å². The predicted octanol–water partition coefficient (Wildman–Crippen LogP) is 5.80. The van der Waals surface area contributed by atoms with Gasteiger partial charge in [-0.1, -0.05) is 56.3 Å². The maximum atomic E-state index is 12.3. The maximum Gasteiger partial charge on any atom is 0.317 e. The van der Waals surface area contributed by atoms with E-state index in [1.807, 2.05) is 55.1 Å². The molecule has 3 nitrogen and oxygen atoms in total. The third-order valence-corrected chi connectivity index (χ3v) is 5.74. The normalized spacial score (nSPS) is 22.3. The fourth-order valence-electron chi connectivity index (χ4n) is 3.48. The van der Waals surface area contributed by atoms with E-state index in [1.54, 1.807) is 11.8 Å². The van der Waals surface area contributed by atoms with Crippen LogP contribution in [0.5, 0.6) is 0 Å². The van der Waals surface area contributed by atoms with E-state index in [4.69, 9.17) is 0 Å². The summed E-state index contributed by atoms with van der Waals surface area (Å²) in [6, 6.07) is 12.4. The molecule has 3 fully saturated rings. The third kappa shape index (κ3) is 8.00. The summed E-state index contributed by atoms with van der Waals surface area (Å²) in [4.78, 5) is 14.3. The minimum absolute atomic E-state index is 0.158. The van der Waals surface area contributed by atoms with Crippen molar-refractivity contribution >= 4 is 17.8 Å². The van der Waals surface area contributed by atoms with Crippen molar-refractivity contribution in [2.75, 3.05) is 19.3 Å². The van der Waals surface area contributed by atoms with Gasteiger partial charge in [-0.3, -0.25) is 0 Å². The van der Waals surface area contributed by atoms with Crippen LogP contribution in [-0.2, 0) is 0 Å². The minimum atomic E-state index is 0.158. The van der Waals surface area contributed by atoms with Crippen molar-refractivity contribution in [1.82, 2.24) is 10.2 Å². The highest BCUT2D eigenvalue weighted by molar-refractivity contribution is 8.01. The Balaban J connectivity index is 0.000000275. The van der Waals surface area contributed by atoms with E-state index in [1.165, 1.54) is 32.1 Å². The number of thioether (sulfide) groups is 1. The van der Waals surface area contributed by atoms with E-state index in [0.29, 0.717) is 5.92 Å². The lowest BCUT2D eigenvalue weighted by atomic mass is 10.0. The van der Waals surface area contributed by atoms with E-state index in [9.17, 15) is 4.79 Å². The van der Waals surface area contributed by atoms with Crippen LogP contribution in [0, 0.1) is 17.8 Å². The van der Waals surface area contributed by atoms with Crippen molar-refractivity contribution in [3.05, 3.63) is 47.9 Å². The zero-order valence-electron chi connectivity index (χ0n) is 17.1. The Kier molecular flexibility index (Phi) is 9.82. The maximum absolute atomic E-state index is 12.3. The highest BCUT2D eigenvalue weighted by Gasteiger charge is 2.38. The highest BCUT2D eigenvalue weighted by atomic mass is 32.2. The minimum Gasteiger partial charge on any atom is -0.331 e. The topological polar surface area (TPSA) is 32.3 Å². The molecule has 1 aliphatic heterocycles. The summed E-state index contributed by atoms with van der Waals surface area (Å²) in [7, 11) is 0. The first-order valence-corrected chi connectivity index (χ1v) is 11.8. The van der Waals surface area contributed by atoms with Gasteiger partial charge in [0.15, 0.2) is 0 Å². The quantitative estimate of drug-likeness (QED) is 0.692. The monoisotopic (exact) mass is 388 g/mol. The van der Waals surface area contributed by atoms with Gasteiger partial charge in [-0.15, -0.1) is 11.8 Å². The van der Waals surface area contributed by atoms with E-state index in [0.717, 1.165) is 24.9 Å². The number of amides is 2. The molecule has 1 aromatic rings. The Morgan fingerprint density at radius 3 is 2.07 bits per heavy atom. The molecule has 27 heavy (non-hydrogen) atoms. The summed E-state index contributed by atoms with van der Waals surface area (Å²) in [6.07, 6.45) is 10.7. The second-order valence-corrected chi connectivity index (χ2v) is 8.11. The van der Waals surface area contributed by atoms with Crippen LogP contribution in [0.3, 0.4) is 0 Å². The van der Waals surface area contributed by atoms with Crippen LogP contribution < -0.4 is 5.32 Å². The Morgan fingerprint density at radius 2 is 1.59 bits per heavy atom. The predicted molar refractivity (Wildman–Crippen MR) is 118 cm³/mol. The zero-order chi connectivity index (χ0) is 19.5. The molecule has 1 aromatic carbocycles. The molecule has 2 saturated carbocycles. The van der Waals surface area contributed by atoms with Crippen LogP contribution in [0.1, 0.15) is 46.0 Å². The number of hydrogen-bond donors (Lipinski definition) is 1. The van der Waals surface area contributed by atoms with Crippen molar-refractivity contribution in [3.63, 3.8) is 0 Å². The van der Waals surface area contributed by atoms with Gasteiger partial charge >= 0.3 is 6.03 Å². The molecule has 1 N–H and O–H groups in total. The van der Waals surface area contributed by atoms with Crippen molar-refractivity contribution < 1.29 is 4.79 Å². The van der Waals surface area contributed by atoms with Crippen LogP contribution >= 0.6 is 11.8 Å². The second-order valence-electron chi connectivity index (χ2n) is 7.36. The second kappa shape index (κ2) is 12.1. The van der Waals surface area contributed by atoms with E-state index in [2.05, 4.69) is 23.1 Å². The fraction of sp³-hybridized carbons (Fsp3) is 0.609. The first-order valence-electron chi connectivity index (χ1n) is 10.5. The molecule has 0 radical (unpaired) electrons. The van der Waals surface area contributed by atoms with Gasteiger partial charge in [-0.25, -0.2) is 4.79 Å². The SMILES string of the molecule is CC.CS/C=C/C(NC(=O)N1CCC(C2CC2)C1)C1CC1.c1ccccc1. The van der Waals surface area contributed by atoms with Crippen LogP contribution in [0.15, 0.2) is 47.9 Å². The smallest absolute Gasteiger partial charge is 0.317 e. The molecule has 4 rings (SSSR count). The number of carbonyl (C=O) groups is 1. The Labute approximate surface area is 170 Å². The Morgan fingerprint density at radius 1 is 1.00 bits per heavy atom. The lowest BCUT2D eigenvalue weighted by molar-refractivity contribution is 0.203. The van der Waals surface area contributed by atoms with Gasteiger partial charge < -0.3 is 10.2 Å². The molecule has 2 amide bonds. The fourth-order valence-corrected chi connectivity index (χ4v) is 3.81. The van der Waals surface area contributed by atoms with Gasteiger partial charge in [0.25, 0.3) is 0 Å². The number of hydrogen-bond acceptors (Lipinski definition) is 2. The van der Waals surface area contributed by atoms with Gasteiger partial charge in [-0.2, -0.15) is 0 Å². The number of nitrogens with zero attached hydrogens (tertiary/aromatic N) is 1. The first-order chi connectivity index (χ1) is 13.3. The molecule has 0 aromatic heterocycles. The number of urea groups is 1. The third-order valence-electron chi connectivity index (χ3n) is 5.31. The highest BCUT2D eigenvalue weighted by Crippen LogP contribution is 2.41. The Bertz CT molecular complexity index is 528. The number of carbonyl (C=O) groups excluding carboxylic acids is 1. The summed E-state index contributed by atoms with van der Waals surface area (Å²) in [6.45, 7) is 5.94. The molecule has 0 spiro atoms. The summed E-state index contributed by atoms with van der Waals surface area (Å²) in [5.74, 6) is 2.38. The molecule has 1 heterocycles. The molecule has 2 unspecified atom stereocenters. The lowest BCUT2D eigenvalue weighted by Gasteiger charge is -2.21. The van der Waals surface area contributed by atoms with Crippen LogP contribution in [0.2, 0.25) is 0 Å². The summed E-state index contributed by atoms with van der Waals surface area (Å²) in [5.41, 5.74) is 0. The molecule has 2 aliphatic carbocycles. The molecule has 1 saturated heterocycles. The summed E-state index contributed by atoms with van der Waals surface area (Å²) in [5, 5.41) is 5.32. The Hall–Kier alpha value is -1.42. The summed E-state index contributed by atoms with van der Waals surface area (Å²) >= 11 is 1.70. The molecule has 4 heteroatoms. The zero-order valence-corrected chi connectivity index (χ0v) is 18.0. The van der Waals surface area contributed by atoms with Crippen molar-refractivity contribution in [1.29, 1.82) is 0 Å². The number of nitrogens with one attached hydrogen (secondary N) is 1. The molecular weight excluding hydrogens is 352 g/mol. The van der Waals surface area contributed by atoms with Gasteiger partial charge in [0.2, 0.25) is 0 Å².